The van der Waals surface area contributed by atoms with Crippen LogP contribution in [0.5, 0.6) is 0 Å². The second-order valence-corrected chi connectivity index (χ2v) is 12.9. The van der Waals surface area contributed by atoms with Crippen LogP contribution in [0, 0.1) is 5.41 Å². The van der Waals surface area contributed by atoms with Crippen LogP contribution in [0.4, 0.5) is 23.7 Å². The Hall–Kier alpha value is -3.76. The number of carbonyl (C=O) groups excluding carboxylic acids is 3. The van der Waals surface area contributed by atoms with E-state index in [0.29, 0.717) is 19.5 Å². The van der Waals surface area contributed by atoms with Gasteiger partial charge in [-0.1, -0.05) is 51.1 Å². The van der Waals surface area contributed by atoms with E-state index in [1.54, 1.807) is 20.8 Å². The molecular weight excluding hydrogens is 561 g/mol. The van der Waals surface area contributed by atoms with Gasteiger partial charge in [-0.25, -0.2) is 4.79 Å². The zero-order valence-corrected chi connectivity index (χ0v) is 26.1. The van der Waals surface area contributed by atoms with Crippen molar-refractivity contribution in [1.82, 2.24) is 14.7 Å². The summed E-state index contributed by atoms with van der Waals surface area (Å²) in [5.41, 5.74) is 0.670. The van der Waals surface area contributed by atoms with E-state index >= 15 is 0 Å². The van der Waals surface area contributed by atoms with Crippen LogP contribution in [0.25, 0.3) is 0 Å². The standard InChI is InChI=1S/C32H43F3N4O4/c1-30(2,3)28(41)39-16-15-24-22(20-39)12-10-14-26(24)36-19-27(40)38(18-17-37(7)29(42)43-31(4,5)6)21-23-11-8-9-13-25(23)32(33,34)35/h8-14,36H,15-21H2,1-7H3. The molecule has 0 radical (unpaired) electrons. The third kappa shape index (κ3) is 9.36. The Bertz CT molecular complexity index is 1310. The molecular formula is C32H43F3N4O4. The van der Waals surface area contributed by atoms with Gasteiger partial charge in [0, 0.05) is 50.9 Å². The van der Waals surface area contributed by atoms with Crippen molar-refractivity contribution in [3.63, 3.8) is 0 Å². The lowest BCUT2D eigenvalue weighted by Crippen LogP contribution is -2.43. The molecule has 0 aromatic heterocycles. The van der Waals surface area contributed by atoms with Gasteiger partial charge in [0.25, 0.3) is 0 Å². The number of alkyl halides is 3. The maximum absolute atomic E-state index is 13.7. The van der Waals surface area contributed by atoms with Gasteiger partial charge in [-0.05, 0) is 56.0 Å². The molecule has 0 fully saturated rings. The van der Waals surface area contributed by atoms with Crippen molar-refractivity contribution in [3.05, 3.63) is 64.7 Å². The minimum Gasteiger partial charge on any atom is -0.444 e. The maximum atomic E-state index is 13.7. The molecule has 0 spiro atoms. The highest BCUT2D eigenvalue weighted by atomic mass is 19.4. The zero-order chi connectivity index (χ0) is 32.2. The quantitative estimate of drug-likeness (QED) is 0.403. The Morgan fingerprint density at radius 3 is 2.26 bits per heavy atom. The number of fused-ring (bicyclic) bond motifs is 1. The highest BCUT2D eigenvalue weighted by Gasteiger charge is 2.34. The molecule has 0 atom stereocenters. The van der Waals surface area contributed by atoms with Crippen molar-refractivity contribution >= 4 is 23.6 Å². The Kier molecular flexibility index (Phi) is 10.4. The Balaban J connectivity index is 1.77. The first kappa shape index (κ1) is 33.7. The minimum atomic E-state index is -4.58. The number of nitrogens with one attached hydrogen (secondary N) is 1. The Morgan fingerprint density at radius 1 is 0.953 bits per heavy atom. The van der Waals surface area contributed by atoms with Crippen LogP contribution in [0.3, 0.4) is 0 Å². The van der Waals surface area contributed by atoms with Crippen molar-refractivity contribution < 1.29 is 32.3 Å². The van der Waals surface area contributed by atoms with Gasteiger partial charge in [0.05, 0.1) is 12.1 Å². The molecule has 2 aromatic carbocycles. The van der Waals surface area contributed by atoms with Crippen molar-refractivity contribution in [2.45, 2.75) is 72.8 Å². The molecule has 8 nitrogen and oxygen atoms in total. The van der Waals surface area contributed by atoms with Crippen LogP contribution < -0.4 is 5.32 Å². The van der Waals surface area contributed by atoms with Crippen LogP contribution in [0.1, 0.15) is 63.8 Å². The first-order valence-corrected chi connectivity index (χ1v) is 14.4. The molecule has 1 heterocycles. The summed E-state index contributed by atoms with van der Waals surface area (Å²) >= 11 is 0. The van der Waals surface area contributed by atoms with Crippen LogP contribution >= 0.6 is 0 Å². The summed E-state index contributed by atoms with van der Waals surface area (Å²) in [7, 11) is 1.52. The molecule has 43 heavy (non-hydrogen) atoms. The normalized spacial score (nSPS) is 13.7. The number of hydrogen-bond donors (Lipinski definition) is 1. The summed E-state index contributed by atoms with van der Waals surface area (Å²) in [5.74, 6) is -0.356. The number of amides is 3. The average molecular weight is 605 g/mol. The van der Waals surface area contributed by atoms with E-state index in [9.17, 15) is 27.6 Å². The molecule has 11 heteroatoms. The lowest BCUT2D eigenvalue weighted by Gasteiger charge is -2.34. The highest BCUT2D eigenvalue weighted by Crippen LogP contribution is 2.33. The van der Waals surface area contributed by atoms with Gasteiger partial charge in [0.1, 0.15) is 5.60 Å². The molecule has 1 aliphatic rings. The molecule has 236 valence electrons. The van der Waals surface area contributed by atoms with Gasteiger partial charge in [-0.15, -0.1) is 0 Å². The van der Waals surface area contributed by atoms with Crippen LogP contribution in [0.2, 0.25) is 0 Å². The van der Waals surface area contributed by atoms with Crippen molar-refractivity contribution in [3.8, 4) is 0 Å². The number of nitrogens with zero attached hydrogens (tertiary/aromatic N) is 3. The summed E-state index contributed by atoms with van der Waals surface area (Å²) in [4.78, 5) is 43.2. The summed E-state index contributed by atoms with van der Waals surface area (Å²) in [6.07, 6.45) is -4.57. The first-order valence-electron chi connectivity index (χ1n) is 14.4. The van der Waals surface area contributed by atoms with Gasteiger partial charge in [0.15, 0.2) is 0 Å². The number of benzene rings is 2. The molecule has 1 aliphatic heterocycles. The fourth-order valence-electron chi connectivity index (χ4n) is 4.84. The predicted octanol–water partition coefficient (Wildman–Crippen LogP) is 5.94. The van der Waals surface area contributed by atoms with Gasteiger partial charge in [0.2, 0.25) is 11.8 Å². The number of likely N-dealkylation sites (N-methyl/N-ethyl adjacent to an activating group) is 1. The zero-order valence-electron chi connectivity index (χ0n) is 26.1. The molecule has 1 N–H and O–H groups in total. The van der Waals surface area contributed by atoms with Crippen molar-refractivity contribution in [2.75, 3.05) is 38.5 Å². The molecule has 0 unspecified atom stereocenters. The van der Waals surface area contributed by atoms with E-state index in [2.05, 4.69) is 5.32 Å². The second-order valence-electron chi connectivity index (χ2n) is 12.9. The lowest BCUT2D eigenvalue weighted by atomic mass is 9.91. The smallest absolute Gasteiger partial charge is 0.416 e. The summed E-state index contributed by atoms with van der Waals surface area (Å²) < 4.78 is 46.6. The first-order chi connectivity index (χ1) is 19.9. The summed E-state index contributed by atoms with van der Waals surface area (Å²) in [5, 5.41) is 3.18. The maximum Gasteiger partial charge on any atom is 0.416 e. The largest absolute Gasteiger partial charge is 0.444 e. The molecule has 2 aromatic rings. The topological polar surface area (TPSA) is 82.2 Å². The molecule has 3 amide bonds. The second kappa shape index (κ2) is 13.3. The van der Waals surface area contributed by atoms with Crippen LogP contribution in [0.15, 0.2) is 42.5 Å². The third-order valence-corrected chi connectivity index (χ3v) is 7.07. The van der Waals surface area contributed by atoms with E-state index in [4.69, 9.17) is 4.74 Å². The average Bonchev–Trinajstić information content (AvgIpc) is 2.91. The van der Waals surface area contributed by atoms with Gasteiger partial charge >= 0.3 is 12.3 Å². The van der Waals surface area contributed by atoms with Gasteiger partial charge in [-0.2, -0.15) is 13.2 Å². The number of halogens is 3. The lowest BCUT2D eigenvalue weighted by molar-refractivity contribution is -0.140. The van der Waals surface area contributed by atoms with Crippen molar-refractivity contribution in [2.24, 2.45) is 5.41 Å². The highest BCUT2D eigenvalue weighted by molar-refractivity contribution is 5.83. The molecule has 0 bridgehead atoms. The number of ether oxygens (including phenoxy) is 1. The fraction of sp³-hybridized carbons (Fsp3) is 0.531. The van der Waals surface area contributed by atoms with Crippen LogP contribution in [-0.4, -0.2) is 71.4 Å². The monoisotopic (exact) mass is 604 g/mol. The third-order valence-electron chi connectivity index (χ3n) is 7.07. The Morgan fingerprint density at radius 2 is 1.63 bits per heavy atom. The molecule has 0 aliphatic carbocycles. The number of carbonyl (C=O) groups is 3. The fourth-order valence-corrected chi connectivity index (χ4v) is 4.84. The van der Waals surface area contributed by atoms with E-state index in [1.807, 2.05) is 43.9 Å². The minimum absolute atomic E-state index is 0.000775. The molecule has 0 saturated heterocycles. The predicted molar refractivity (Wildman–Crippen MR) is 159 cm³/mol. The van der Waals surface area contributed by atoms with Crippen molar-refractivity contribution in [1.29, 1.82) is 0 Å². The number of hydrogen-bond acceptors (Lipinski definition) is 5. The van der Waals surface area contributed by atoms with Crippen LogP contribution in [-0.2, 0) is 40.0 Å². The van der Waals surface area contributed by atoms with Gasteiger partial charge < -0.3 is 24.8 Å². The Labute approximate surface area is 252 Å². The molecule has 3 rings (SSSR count). The van der Waals surface area contributed by atoms with E-state index in [0.717, 1.165) is 22.9 Å². The number of anilines is 1. The summed E-state index contributed by atoms with van der Waals surface area (Å²) in [6, 6.07) is 10.8. The number of rotatable bonds is 8. The molecule has 0 saturated carbocycles. The SMILES string of the molecule is CN(CCN(Cc1ccccc1C(F)(F)F)C(=O)CNc1cccc2c1CCN(C(=O)C(C)(C)C)C2)C(=O)OC(C)(C)C. The van der Waals surface area contributed by atoms with E-state index in [1.165, 1.54) is 35.0 Å². The van der Waals surface area contributed by atoms with Gasteiger partial charge in [-0.3, -0.25) is 9.59 Å². The van der Waals surface area contributed by atoms with E-state index in [-0.39, 0.29) is 37.6 Å². The summed E-state index contributed by atoms with van der Waals surface area (Å²) in [6.45, 7) is 11.5. The van der Waals surface area contributed by atoms with E-state index < -0.39 is 34.8 Å².